The van der Waals surface area contributed by atoms with Crippen molar-refractivity contribution in [3.8, 4) is 22.3 Å². The number of hydrogen-bond donors (Lipinski definition) is 0. The molecule has 0 heterocycles. The normalized spacial score (nSPS) is 13.4. The zero-order valence-electron chi connectivity index (χ0n) is 27.6. The number of para-hydroxylation sites is 1. The van der Waals surface area contributed by atoms with E-state index in [9.17, 15) is 4.39 Å². The van der Waals surface area contributed by atoms with Gasteiger partial charge in [-0.2, -0.15) is 0 Å². The van der Waals surface area contributed by atoms with Gasteiger partial charge in [0.1, 0.15) is 5.82 Å². The zero-order chi connectivity index (χ0) is 33.7. The largest absolute Gasteiger partial charge is 0.310 e. The van der Waals surface area contributed by atoms with Crippen LogP contribution in [0.25, 0.3) is 54.6 Å². The fourth-order valence-electron chi connectivity index (χ4n) is 9.42. The summed E-state index contributed by atoms with van der Waals surface area (Å²) in [6.07, 6.45) is 0. The van der Waals surface area contributed by atoms with Gasteiger partial charge in [0.05, 0.1) is 11.1 Å². The minimum absolute atomic E-state index is 0.252. The van der Waals surface area contributed by atoms with Crippen molar-refractivity contribution in [3.05, 3.63) is 210 Å². The molecular formula is C49H30FN. The van der Waals surface area contributed by atoms with Crippen LogP contribution in [0.1, 0.15) is 22.3 Å². The van der Waals surface area contributed by atoms with Gasteiger partial charge < -0.3 is 4.90 Å². The second-order valence-corrected chi connectivity index (χ2v) is 13.7. The second kappa shape index (κ2) is 10.5. The van der Waals surface area contributed by atoms with Crippen LogP contribution in [-0.4, -0.2) is 0 Å². The minimum atomic E-state index is -0.578. The van der Waals surface area contributed by atoms with E-state index in [-0.39, 0.29) is 5.82 Å². The van der Waals surface area contributed by atoms with E-state index in [0.717, 1.165) is 22.4 Å². The fraction of sp³-hybridized carbons (Fsp3) is 0.0204. The maximum absolute atomic E-state index is 14.5. The Bertz CT molecular complexity index is 2820. The summed E-state index contributed by atoms with van der Waals surface area (Å²) in [6, 6.07) is 64.6. The van der Waals surface area contributed by atoms with E-state index < -0.39 is 5.41 Å². The highest BCUT2D eigenvalue weighted by Crippen LogP contribution is 2.67. The molecule has 0 saturated carbocycles. The van der Waals surface area contributed by atoms with Gasteiger partial charge in [-0.15, -0.1) is 0 Å². The van der Waals surface area contributed by atoms with E-state index in [4.69, 9.17) is 0 Å². The van der Waals surface area contributed by atoms with E-state index in [0.29, 0.717) is 0 Å². The van der Waals surface area contributed by atoms with Gasteiger partial charge in [-0.25, -0.2) is 4.39 Å². The van der Waals surface area contributed by atoms with Gasteiger partial charge in [-0.3, -0.25) is 0 Å². The van der Waals surface area contributed by atoms with Crippen molar-refractivity contribution in [2.24, 2.45) is 0 Å². The monoisotopic (exact) mass is 651 g/mol. The van der Waals surface area contributed by atoms with E-state index in [2.05, 4.69) is 157 Å². The maximum atomic E-state index is 14.5. The molecule has 0 saturated heterocycles. The number of nitrogens with zero attached hydrogens (tertiary/aromatic N) is 1. The number of benzene rings is 9. The molecule has 0 amide bonds. The van der Waals surface area contributed by atoms with Crippen molar-refractivity contribution in [1.29, 1.82) is 0 Å². The Kier molecular flexibility index (Phi) is 5.83. The SMILES string of the molecule is Fc1ccc(N(c2ccccc2)c2cc3c(c4ccccc24)-c2c(c4ccccc4c4ccccc24)C32c3ccccc3-c3ccccc32)cc1. The Labute approximate surface area is 295 Å². The Hall–Kier alpha value is -6.51. The van der Waals surface area contributed by atoms with Crippen LogP contribution in [0, 0.1) is 5.82 Å². The summed E-state index contributed by atoms with van der Waals surface area (Å²) in [4.78, 5) is 2.29. The molecule has 0 N–H and O–H groups in total. The van der Waals surface area contributed by atoms with Crippen LogP contribution in [0.2, 0.25) is 0 Å². The average molecular weight is 652 g/mol. The first-order valence-electron chi connectivity index (χ1n) is 17.6. The molecule has 9 aromatic carbocycles. The molecule has 1 spiro atoms. The zero-order valence-corrected chi connectivity index (χ0v) is 27.6. The molecule has 238 valence electrons. The smallest absolute Gasteiger partial charge is 0.123 e. The van der Waals surface area contributed by atoms with Crippen molar-refractivity contribution in [2.45, 2.75) is 5.41 Å². The Morgan fingerprint density at radius 3 is 1.49 bits per heavy atom. The fourth-order valence-corrected chi connectivity index (χ4v) is 9.42. The van der Waals surface area contributed by atoms with E-state index in [1.165, 1.54) is 71.4 Å². The first kappa shape index (κ1) is 28.3. The second-order valence-electron chi connectivity index (χ2n) is 13.7. The van der Waals surface area contributed by atoms with Crippen molar-refractivity contribution in [1.82, 2.24) is 0 Å². The molecule has 0 aliphatic heterocycles. The molecule has 51 heavy (non-hydrogen) atoms. The molecule has 0 atom stereocenters. The van der Waals surface area contributed by atoms with Crippen LogP contribution in [0.5, 0.6) is 0 Å². The van der Waals surface area contributed by atoms with Gasteiger partial charge >= 0.3 is 0 Å². The number of rotatable bonds is 3. The molecule has 0 unspecified atom stereocenters. The molecule has 2 aliphatic rings. The van der Waals surface area contributed by atoms with E-state index in [1.54, 1.807) is 12.1 Å². The van der Waals surface area contributed by atoms with Crippen LogP contribution in [-0.2, 0) is 5.41 Å². The summed E-state index contributed by atoms with van der Waals surface area (Å²) in [6.45, 7) is 0. The molecule has 2 heteroatoms. The van der Waals surface area contributed by atoms with Gasteiger partial charge in [0.25, 0.3) is 0 Å². The van der Waals surface area contributed by atoms with Crippen molar-refractivity contribution in [2.75, 3.05) is 4.90 Å². The van der Waals surface area contributed by atoms with Crippen LogP contribution in [0.4, 0.5) is 21.5 Å². The summed E-state index contributed by atoms with van der Waals surface area (Å²) in [5.74, 6) is -0.252. The molecule has 1 nitrogen and oxygen atoms in total. The molecular weight excluding hydrogens is 622 g/mol. The summed E-state index contributed by atoms with van der Waals surface area (Å²) in [5.41, 5.74) is 12.8. The Balaban J connectivity index is 1.39. The van der Waals surface area contributed by atoms with Crippen molar-refractivity contribution < 1.29 is 4.39 Å². The molecule has 0 aromatic heterocycles. The number of fused-ring (bicyclic) bond motifs is 17. The Morgan fingerprint density at radius 1 is 0.373 bits per heavy atom. The third-order valence-electron chi connectivity index (χ3n) is 11.3. The summed E-state index contributed by atoms with van der Waals surface area (Å²) in [5, 5.41) is 7.42. The van der Waals surface area contributed by atoms with Gasteiger partial charge in [-0.05, 0) is 114 Å². The summed E-state index contributed by atoms with van der Waals surface area (Å²) >= 11 is 0. The lowest BCUT2D eigenvalue weighted by Crippen LogP contribution is -2.26. The van der Waals surface area contributed by atoms with Crippen LogP contribution >= 0.6 is 0 Å². The molecule has 11 rings (SSSR count). The molecule has 0 fully saturated rings. The van der Waals surface area contributed by atoms with E-state index in [1.807, 2.05) is 18.2 Å². The lowest BCUT2D eigenvalue weighted by molar-refractivity contribution is 0.628. The quantitative estimate of drug-likeness (QED) is 0.172. The lowest BCUT2D eigenvalue weighted by atomic mass is 9.69. The van der Waals surface area contributed by atoms with Gasteiger partial charge in [0.15, 0.2) is 0 Å². The standard InChI is InChI=1S/C49H30FN/c50-31-26-28-33(29-27-31)51(32-14-2-1-3-15-32)45-30-44-46(40-22-8-6-20-38(40)45)47-39-21-7-4-16-34(39)35-17-5-9-23-41(35)48(47)49(44)42-24-12-10-18-36(42)37-19-11-13-25-43(37)49/h1-30H. The predicted octanol–water partition coefficient (Wildman–Crippen LogP) is 13.1. The first-order chi connectivity index (χ1) is 25.2. The highest BCUT2D eigenvalue weighted by molar-refractivity contribution is 6.24. The lowest BCUT2D eigenvalue weighted by Gasteiger charge is -2.33. The van der Waals surface area contributed by atoms with Crippen molar-refractivity contribution in [3.63, 3.8) is 0 Å². The summed E-state index contributed by atoms with van der Waals surface area (Å²) in [7, 11) is 0. The van der Waals surface area contributed by atoms with Crippen LogP contribution < -0.4 is 4.90 Å². The summed E-state index contributed by atoms with van der Waals surface area (Å²) < 4.78 is 14.5. The molecule has 0 bridgehead atoms. The predicted molar refractivity (Wildman–Crippen MR) is 210 cm³/mol. The van der Waals surface area contributed by atoms with Gasteiger partial charge in [0, 0.05) is 16.8 Å². The van der Waals surface area contributed by atoms with Crippen LogP contribution in [0.3, 0.4) is 0 Å². The van der Waals surface area contributed by atoms with Gasteiger partial charge in [0.2, 0.25) is 0 Å². The van der Waals surface area contributed by atoms with Crippen molar-refractivity contribution >= 4 is 49.4 Å². The highest BCUT2D eigenvalue weighted by atomic mass is 19.1. The van der Waals surface area contributed by atoms with E-state index >= 15 is 0 Å². The first-order valence-corrected chi connectivity index (χ1v) is 17.6. The topological polar surface area (TPSA) is 3.24 Å². The highest BCUT2D eigenvalue weighted by Gasteiger charge is 2.53. The average Bonchev–Trinajstić information content (AvgIpc) is 3.67. The molecule has 0 radical (unpaired) electrons. The molecule has 2 aliphatic carbocycles. The minimum Gasteiger partial charge on any atom is -0.310 e. The number of anilines is 3. The number of hydrogen-bond acceptors (Lipinski definition) is 1. The third kappa shape index (κ3) is 3.69. The van der Waals surface area contributed by atoms with Crippen LogP contribution in [0.15, 0.2) is 182 Å². The number of halogens is 1. The van der Waals surface area contributed by atoms with Gasteiger partial charge in [-0.1, -0.05) is 140 Å². The third-order valence-corrected chi connectivity index (χ3v) is 11.3. The Morgan fingerprint density at radius 2 is 0.843 bits per heavy atom. The molecule has 9 aromatic rings. The maximum Gasteiger partial charge on any atom is 0.123 e.